The van der Waals surface area contributed by atoms with E-state index in [0.29, 0.717) is 13.3 Å². The van der Waals surface area contributed by atoms with E-state index in [2.05, 4.69) is 12.2 Å². The minimum absolute atomic E-state index is 0.232. The second-order valence-electron chi connectivity index (χ2n) is 15.2. The summed E-state index contributed by atoms with van der Waals surface area (Å²) in [7, 11) is 0. The van der Waals surface area contributed by atoms with Crippen LogP contribution in [0.1, 0.15) is 195 Å². The molecule has 0 aromatic carbocycles. The Morgan fingerprint density at radius 1 is 0.667 bits per heavy atom. The fourth-order valence-electron chi connectivity index (χ4n) is 7.11. The molecule has 0 aliphatic carbocycles. The highest BCUT2D eigenvalue weighted by Gasteiger charge is 2.48. The molecule has 0 spiro atoms. The molecule has 1 fully saturated rings. The molecule has 1 amide bonds. The molecule has 0 saturated carbocycles. The number of hydrogen-bond donors (Lipinski definition) is 7. The van der Waals surface area contributed by atoms with Gasteiger partial charge in [0, 0.05) is 7.79 Å². The number of ether oxygens (including phenoxy) is 1. The van der Waals surface area contributed by atoms with Gasteiger partial charge in [-0.05, 0) is 19.3 Å². The van der Waals surface area contributed by atoms with Crippen molar-refractivity contribution in [3.63, 3.8) is 0 Å². The van der Waals surface area contributed by atoms with Crippen LogP contribution in [0.15, 0.2) is 12.2 Å². The lowest BCUT2D eigenvalue weighted by Gasteiger charge is -2.43. The number of aliphatic hydroxyl groups excluding tert-OH is 6. The zero-order valence-corrected chi connectivity index (χ0v) is 32.5. The molecule has 1 aliphatic heterocycles. The van der Waals surface area contributed by atoms with Gasteiger partial charge in [-0.1, -0.05) is 180 Å². The summed E-state index contributed by atoms with van der Waals surface area (Å²) < 4.78 is 12.8. The van der Waals surface area contributed by atoms with Gasteiger partial charge in [0.15, 0.2) is 0 Å². The van der Waals surface area contributed by atoms with Gasteiger partial charge in [-0.25, -0.2) is 0 Å². The highest BCUT2D eigenvalue weighted by molar-refractivity contribution is 5.76. The van der Waals surface area contributed by atoms with Crippen LogP contribution >= 0.6 is 0 Å². The molecule has 1 saturated heterocycles. The van der Waals surface area contributed by atoms with Crippen molar-refractivity contribution in [1.82, 2.24) is 5.32 Å². The van der Waals surface area contributed by atoms with E-state index >= 15 is 0 Å². The summed E-state index contributed by atoms with van der Waals surface area (Å²) in [5.74, 6) is -0.331. The first-order chi connectivity index (χ1) is 25.3. The molecule has 7 N–H and O–H groups in total. The predicted molar refractivity (Wildman–Crippen MR) is 207 cm³/mol. The van der Waals surface area contributed by atoms with E-state index in [1.807, 2.05) is 6.08 Å². The van der Waals surface area contributed by atoms with Crippen molar-refractivity contribution in [2.45, 2.75) is 242 Å². The number of unbranched alkanes of at least 4 members (excludes halogenated alkanes) is 25. The topological polar surface area (TPSA) is 160 Å². The van der Waals surface area contributed by atoms with Crippen molar-refractivity contribution in [2.24, 2.45) is 0 Å². The standard InChI is InChI=1S/C42H81NO8/c1-3-5-7-9-11-13-15-17-18-20-22-24-26-28-30-32-36(46)43-37(39(48)42-41(50)40(49)38(47)35(33-44)51-42)34(45)31-29-27-25-23-21-19-16-14-12-10-8-6-4-2/h29,31,34-35,37-42,44-45,47-50H,3-28,30,32-33H2,1-2H3,(H,43,46)/b31-29+/t34-,35-,37-,38-,39?,40+,41-,42?/m1/s1/i1D. The minimum Gasteiger partial charge on any atom is -0.394 e. The quantitative estimate of drug-likeness (QED) is 0.0264. The minimum atomic E-state index is -1.69. The molecule has 1 heterocycles. The Morgan fingerprint density at radius 3 is 1.59 bits per heavy atom. The maximum absolute atomic E-state index is 13.0. The van der Waals surface area contributed by atoms with Crippen molar-refractivity contribution in [1.29, 1.82) is 0 Å². The summed E-state index contributed by atoms with van der Waals surface area (Å²) in [6.45, 7) is 2.16. The van der Waals surface area contributed by atoms with Crippen LogP contribution in [0.3, 0.4) is 0 Å². The average molecular weight is 729 g/mol. The Balaban J connectivity index is 2.45. The lowest BCUT2D eigenvalue weighted by atomic mass is 9.88. The zero-order valence-electron chi connectivity index (χ0n) is 33.5. The molecule has 0 aromatic rings. The van der Waals surface area contributed by atoms with Gasteiger partial charge < -0.3 is 40.7 Å². The first-order valence-electron chi connectivity index (χ1n) is 21.9. The normalized spacial score (nSPS) is 23.0. The summed E-state index contributed by atoms with van der Waals surface area (Å²) in [5.41, 5.74) is 0. The van der Waals surface area contributed by atoms with Crippen LogP contribution < -0.4 is 5.32 Å². The van der Waals surface area contributed by atoms with Crippen molar-refractivity contribution in [3.05, 3.63) is 12.2 Å². The van der Waals surface area contributed by atoms with E-state index < -0.39 is 55.4 Å². The molecule has 51 heavy (non-hydrogen) atoms. The molecule has 1 aliphatic rings. The monoisotopic (exact) mass is 729 g/mol. The Kier molecular flexibility index (Phi) is 29.2. The third kappa shape index (κ3) is 22.7. The first-order valence-corrected chi connectivity index (χ1v) is 21.2. The van der Waals surface area contributed by atoms with Crippen LogP contribution in [0.2, 0.25) is 0 Å². The van der Waals surface area contributed by atoms with Crippen molar-refractivity contribution in [3.8, 4) is 0 Å². The molecule has 2 unspecified atom stereocenters. The lowest BCUT2D eigenvalue weighted by molar-refractivity contribution is -0.253. The maximum Gasteiger partial charge on any atom is 0.220 e. The van der Waals surface area contributed by atoms with E-state index in [0.717, 1.165) is 44.9 Å². The summed E-state index contributed by atoms with van der Waals surface area (Å²) in [6, 6.07) is -1.23. The third-order valence-corrected chi connectivity index (χ3v) is 10.5. The fourth-order valence-corrected chi connectivity index (χ4v) is 7.11. The van der Waals surface area contributed by atoms with Crippen LogP contribution in [0, 0.1) is 0 Å². The molecular weight excluding hydrogens is 646 g/mol. The number of carbonyl (C=O) groups excluding carboxylic acids is 1. The van der Waals surface area contributed by atoms with E-state index in [4.69, 9.17) is 6.11 Å². The molecule has 9 nitrogen and oxygen atoms in total. The highest BCUT2D eigenvalue weighted by Crippen LogP contribution is 2.26. The first kappa shape index (κ1) is 46.1. The van der Waals surface area contributed by atoms with Crippen LogP contribution in [0.5, 0.6) is 0 Å². The summed E-state index contributed by atoms with van der Waals surface area (Å²) in [6.07, 6.45) is 25.1. The lowest BCUT2D eigenvalue weighted by Crippen LogP contribution is -2.65. The van der Waals surface area contributed by atoms with Gasteiger partial charge in [-0.15, -0.1) is 0 Å². The number of hydrogen-bond acceptors (Lipinski definition) is 8. The summed E-state index contributed by atoms with van der Waals surface area (Å²) in [4.78, 5) is 13.0. The van der Waals surface area contributed by atoms with E-state index in [1.165, 1.54) is 122 Å². The van der Waals surface area contributed by atoms with Gasteiger partial charge in [-0.2, -0.15) is 0 Å². The van der Waals surface area contributed by atoms with Gasteiger partial charge in [0.2, 0.25) is 5.91 Å². The van der Waals surface area contributed by atoms with Crippen LogP contribution in [-0.4, -0.2) is 91.9 Å². The van der Waals surface area contributed by atoms with Gasteiger partial charge in [-0.3, -0.25) is 4.79 Å². The zero-order chi connectivity index (χ0) is 38.2. The molecule has 9 heteroatoms. The molecule has 302 valence electrons. The Bertz CT molecular complexity index is 849. The third-order valence-electron chi connectivity index (χ3n) is 10.5. The van der Waals surface area contributed by atoms with Gasteiger partial charge >= 0.3 is 0 Å². The van der Waals surface area contributed by atoms with E-state index in [1.54, 1.807) is 6.08 Å². The second-order valence-corrected chi connectivity index (χ2v) is 15.2. The van der Waals surface area contributed by atoms with Crippen molar-refractivity contribution >= 4 is 5.91 Å². The highest BCUT2D eigenvalue weighted by atomic mass is 16.6. The van der Waals surface area contributed by atoms with Crippen LogP contribution in [-0.2, 0) is 9.53 Å². The molecule has 0 aromatic heterocycles. The van der Waals surface area contributed by atoms with Crippen molar-refractivity contribution < 1.29 is 41.5 Å². The molecule has 1 rings (SSSR count). The summed E-state index contributed by atoms with van der Waals surface area (Å²) >= 11 is 0. The fraction of sp³-hybridized carbons (Fsp3) is 0.929. The number of nitrogens with one attached hydrogen (secondary N) is 1. The largest absolute Gasteiger partial charge is 0.394 e. The number of amides is 1. The second kappa shape index (κ2) is 32.4. The van der Waals surface area contributed by atoms with Gasteiger partial charge in [0.1, 0.15) is 36.6 Å². The van der Waals surface area contributed by atoms with Crippen LogP contribution in [0.4, 0.5) is 0 Å². The average Bonchev–Trinajstić information content (AvgIpc) is 3.14. The number of carbonyl (C=O) groups is 1. The molecular formula is C42H81NO8. The molecule has 8 atom stereocenters. The predicted octanol–water partition coefficient (Wildman–Crippen LogP) is 7.55. The van der Waals surface area contributed by atoms with Crippen molar-refractivity contribution in [2.75, 3.05) is 6.61 Å². The van der Waals surface area contributed by atoms with Gasteiger partial charge in [0.05, 0.1) is 18.8 Å². The SMILES string of the molecule is [2H]CCCCCCCCCCCCCCCCCC(=O)N[C@@H](C(O)C1O[C@H](CO)[C@@H](O)[C@H](O)[C@H]1O)[C@H](O)/C=C/CCCCCCCCCCCCC. The Hall–Kier alpha value is -1.07. The number of aliphatic hydroxyl groups is 6. The number of rotatable bonds is 34. The molecule has 0 radical (unpaired) electrons. The molecule has 0 bridgehead atoms. The smallest absolute Gasteiger partial charge is 0.220 e. The van der Waals surface area contributed by atoms with Gasteiger partial charge in [0.25, 0.3) is 0 Å². The maximum atomic E-state index is 13.0. The van der Waals surface area contributed by atoms with E-state index in [9.17, 15) is 35.4 Å². The van der Waals surface area contributed by atoms with Crippen LogP contribution in [0.25, 0.3) is 0 Å². The number of allylic oxidation sites excluding steroid dienone is 1. The Morgan fingerprint density at radius 2 is 1.12 bits per heavy atom. The van der Waals surface area contributed by atoms with E-state index in [-0.39, 0.29) is 12.3 Å². The Labute approximate surface area is 313 Å². The summed E-state index contributed by atoms with van der Waals surface area (Å²) in [5, 5.41) is 65.9.